The molecule has 0 radical (unpaired) electrons. The van der Waals surface area contributed by atoms with E-state index in [1.165, 1.54) is 11.8 Å². The van der Waals surface area contributed by atoms with Crippen LogP contribution in [-0.4, -0.2) is 27.8 Å². The number of carbonyl (C=O) groups excluding carboxylic acids is 1. The van der Waals surface area contributed by atoms with E-state index < -0.39 is 21.2 Å². The average Bonchev–Trinajstić information content (AvgIpc) is 2.56. The zero-order valence-corrected chi connectivity index (χ0v) is 9.16. The molecule has 0 aromatic carbocycles. The number of allylic oxidation sites excluding steroid dienone is 1. The Morgan fingerprint density at radius 3 is 2.64 bits per heavy atom. The monoisotopic (exact) mass is 256 g/mol. The number of Topliss-reactive ketones (excluding diaryl/α,β-unsaturated/α-hetero) is 1. The molecule has 0 aliphatic carbocycles. The molecule has 0 aromatic rings. The summed E-state index contributed by atoms with van der Waals surface area (Å²) in [6.45, 7) is 0.597. The van der Waals surface area contributed by atoms with Crippen LogP contribution in [0.2, 0.25) is 0 Å². The molecule has 1 rings (SSSR count). The summed E-state index contributed by atoms with van der Waals surface area (Å²) in [5.74, 6) is -0.190. The Labute approximate surface area is 94.0 Å². The quantitative estimate of drug-likeness (QED) is 0.355. The third-order valence-electron chi connectivity index (χ3n) is 1.46. The first-order valence-corrected chi connectivity index (χ1v) is 5.47. The molecule has 0 saturated carbocycles. The Morgan fingerprint density at radius 1 is 1.64 bits per heavy atom. The molecule has 0 bridgehead atoms. The van der Waals surface area contributed by atoms with E-state index in [0.29, 0.717) is 12.3 Å². The van der Waals surface area contributed by atoms with Crippen LogP contribution in [-0.2, 0) is 4.79 Å². The van der Waals surface area contributed by atoms with Gasteiger partial charge in [0.2, 0.25) is 0 Å². The number of rotatable bonds is 3. The molecule has 14 heavy (non-hydrogen) atoms. The van der Waals surface area contributed by atoms with E-state index >= 15 is 0 Å². The number of hydrogen-bond donors (Lipinski definition) is 1. The largest absolute Gasteiger partial charge is 0.373 e. The second-order valence-corrected chi connectivity index (χ2v) is 4.58. The van der Waals surface area contributed by atoms with Crippen molar-refractivity contribution in [3.8, 4) is 0 Å². The van der Waals surface area contributed by atoms with Crippen molar-refractivity contribution in [2.75, 3.05) is 12.3 Å². The summed E-state index contributed by atoms with van der Waals surface area (Å²) in [7, 11) is 0. The fraction of sp³-hybridized carbons (Fsp3) is 0.500. The van der Waals surface area contributed by atoms with Gasteiger partial charge < -0.3 is 5.32 Å². The topological polar surface area (TPSA) is 72.2 Å². The van der Waals surface area contributed by atoms with Gasteiger partial charge >= 0.3 is 5.70 Å². The minimum absolute atomic E-state index is 0.242. The Balaban J connectivity index is 3.00. The van der Waals surface area contributed by atoms with E-state index in [-0.39, 0.29) is 5.03 Å². The van der Waals surface area contributed by atoms with Crippen molar-refractivity contribution in [1.29, 1.82) is 0 Å². The predicted octanol–water partition coefficient (Wildman–Crippen LogP) is 1.14. The highest BCUT2D eigenvalue weighted by Gasteiger charge is 2.33. The van der Waals surface area contributed by atoms with Crippen LogP contribution in [0.1, 0.15) is 0 Å². The molecular formula is C6H6Cl2N2O3S. The lowest BCUT2D eigenvalue weighted by Crippen LogP contribution is -2.22. The third kappa shape index (κ3) is 2.52. The zero-order chi connectivity index (χ0) is 10.7. The fourth-order valence-corrected chi connectivity index (χ4v) is 2.04. The third-order valence-corrected chi connectivity index (χ3v) is 2.89. The van der Waals surface area contributed by atoms with Gasteiger partial charge in [-0.15, -0.1) is 0 Å². The summed E-state index contributed by atoms with van der Waals surface area (Å²) in [4.78, 5) is 19.7. The lowest BCUT2D eigenvalue weighted by Gasteiger charge is -2.01. The van der Waals surface area contributed by atoms with Crippen LogP contribution < -0.4 is 5.32 Å². The van der Waals surface area contributed by atoms with Gasteiger partial charge in [-0.2, -0.15) is 0 Å². The fourth-order valence-electron chi connectivity index (χ4n) is 0.909. The van der Waals surface area contributed by atoms with Crippen molar-refractivity contribution in [3.05, 3.63) is 20.8 Å². The summed E-state index contributed by atoms with van der Waals surface area (Å²) >= 11 is 11.8. The lowest BCUT2D eigenvalue weighted by atomic mass is 10.3. The van der Waals surface area contributed by atoms with Crippen LogP contribution in [0, 0.1) is 10.1 Å². The van der Waals surface area contributed by atoms with E-state index in [4.69, 9.17) is 23.2 Å². The normalized spacial score (nSPS) is 19.4. The number of nitrogens with one attached hydrogen (secondary N) is 1. The van der Waals surface area contributed by atoms with Gasteiger partial charge in [0.05, 0.1) is 4.92 Å². The number of halogens is 2. The molecule has 1 heterocycles. The maximum Gasteiger partial charge on any atom is 0.344 e. The first-order valence-electron chi connectivity index (χ1n) is 3.61. The molecule has 1 aliphatic rings. The van der Waals surface area contributed by atoms with Crippen LogP contribution in [0.3, 0.4) is 0 Å². The van der Waals surface area contributed by atoms with Gasteiger partial charge in [0, 0.05) is 12.3 Å². The molecule has 0 aromatic heterocycles. The van der Waals surface area contributed by atoms with Gasteiger partial charge in [0.25, 0.3) is 5.78 Å². The molecular weight excluding hydrogens is 251 g/mol. The van der Waals surface area contributed by atoms with Crippen LogP contribution in [0.4, 0.5) is 0 Å². The summed E-state index contributed by atoms with van der Waals surface area (Å²) in [5, 5.41) is 13.6. The molecule has 1 N–H and O–H groups in total. The highest BCUT2D eigenvalue weighted by molar-refractivity contribution is 8.03. The van der Waals surface area contributed by atoms with Crippen molar-refractivity contribution >= 4 is 40.7 Å². The molecule has 0 spiro atoms. The van der Waals surface area contributed by atoms with Crippen LogP contribution in [0.5, 0.6) is 0 Å². The molecule has 1 aliphatic heterocycles. The van der Waals surface area contributed by atoms with Crippen molar-refractivity contribution in [3.63, 3.8) is 0 Å². The minimum Gasteiger partial charge on any atom is -0.373 e. The molecule has 8 heteroatoms. The minimum atomic E-state index is -1.40. The van der Waals surface area contributed by atoms with Crippen LogP contribution in [0.25, 0.3) is 0 Å². The van der Waals surface area contributed by atoms with Crippen LogP contribution in [0.15, 0.2) is 10.7 Å². The first-order chi connectivity index (χ1) is 6.54. The van der Waals surface area contributed by atoms with Gasteiger partial charge in [-0.05, 0) is 0 Å². The van der Waals surface area contributed by atoms with Gasteiger partial charge in [-0.25, -0.2) is 0 Å². The van der Waals surface area contributed by atoms with Crippen molar-refractivity contribution in [2.24, 2.45) is 0 Å². The summed E-state index contributed by atoms with van der Waals surface area (Å²) in [6.07, 6.45) is 0. The Morgan fingerprint density at radius 2 is 2.29 bits per heavy atom. The predicted molar refractivity (Wildman–Crippen MR) is 55.0 cm³/mol. The van der Waals surface area contributed by atoms with Crippen molar-refractivity contribution < 1.29 is 9.72 Å². The number of nitrogens with zero attached hydrogens (tertiary/aromatic N) is 1. The average molecular weight is 257 g/mol. The lowest BCUT2D eigenvalue weighted by molar-refractivity contribution is -0.419. The van der Waals surface area contributed by atoms with Gasteiger partial charge in [0.1, 0.15) is 0 Å². The highest BCUT2D eigenvalue weighted by Crippen LogP contribution is 2.24. The molecule has 0 amide bonds. The standard InChI is InChI=1S/C6H6Cl2N2O3S/c7-5(8)4(11)3(10(12)13)6-9-1-2-14-6/h5,9H,1-2H2. The van der Waals surface area contributed by atoms with E-state index in [2.05, 4.69) is 5.32 Å². The zero-order valence-electron chi connectivity index (χ0n) is 6.83. The molecule has 78 valence electrons. The number of nitro groups is 1. The number of ketones is 1. The van der Waals surface area contributed by atoms with Gasteiger partial charge in [-0.3, -0.25) is 14.9 Å². The summed E-state index contributed by atoms with van der Waals surface area (Å²) in [6, 6.07) is 0. The molecule has 0 unspecified atom stereocenters. The second kappa shape index (κ2) is 4.86. The number of hydrogen-bond acceptors (Lipinski definition) is 5. The SMILES string of the molecule is O=C(C(=C1NCCS1)[N+](=O)[O-])C(Cl)Cl. The Bertz CT molecular complexity index is 297. The van der Waals surface area contributed by atoms with Crippen molar-refractivity contribution in [1.82, 2.24) is 5.32 Å². The summed E-state index contributed by atoms with van der Waals surface area (Å²) in [5.41, 5.74) is -0.553. The maximum absolute atomic E-state index is 11.3. The Hall–Kier alpha value is -0.460. The maximum atomic E-state index is 11.3. The second-order valence-electron chi connectivity index (χ2n) is 2.38. The molecule has 5 nitrogen and oxygen atoms in total. The molecule has 0 atom stereocenters. The molecule has 1 fully saturated rings. The van der Waals surface area contributed by atoms with E-state index in [0.717, 1.165) is 0 Å². The number of carbonyl (C=O) groups is 1. The van der Waals surface area contributed by atoms with E-state index in [1.54, 1.807) is 0 Å². The number of thioether (sulfide) groups is 1. The van der Waals surface area contributed by atoms with Gasteiger partial charge in [-0.1, -0.05) is 35.0 Å². The van der Waals surface area contributed by atoms with Crippen LogP contribution >= 0.6 is 35.0 Å². The van der Waals surface area contributed by atoms with Crippen molar-refractivity contribution in [2.45, 2.75) is 4.84 Å². The number of alkyl halides is 2. The van der Waals surface area contributed by atoms with Gasteiger partial charge in [0.15, 0.2) is 9.87 Å². The van der Waals surface area contributed by atoms with E-state index in [9.17, 15) is 14.9 Å². The molecule has 1 saturated heterocycles. The summed E-state index contributed by atoms with van der Waals surface area (Å²) < 4.78 is 0. The first kappa shape index (κ1) is 11.6. The highest BCUT2D eigenvalue weighted by atomic mass is 35.5. The van der Waals surface area contributed by atoms with E-state index in [1.807, 2.05) is 0 Å². The Kier molecular flexibility index (Phi) is 4.03. The smallest absolute Gasteiger partial charge is 0.344 e.